The molecular formula is C14H18N2OS. The summed E-state index contributed by atoms with van der Waals surface area (Å²) in [6, 6.07) is 8.19. The summed E-state index contributed by atoms with van der Waals surface area (Å²) >= 11 is 1.59. The predicted octanol–water partition coefficient (Wildman–Crippen LogP) is 2.54. The third-order valence-corrected chi connectivity index (χ3v) is 3.71. The van der Waals surface area contributed by atoms with Gasteiger partial charge in [0.15, 0.2) is 5.78 Å². The van der Waals surface area contributed by atoms with E-state index in [4.69, 9.17) is 0 Å². The van der Waals surface area contributed by atoms with Gasteiger partial charge in [-0.15, -0.1) is 11.8 Å². The molecule has 1 aliphatic heterocycles. The summed E-state index contributed by atoms with van der Waals surface area (Å²) in [6.45, 7) is 3.51. The van der Waals surface area contributed by atoms with Gasteiger partial charge >= 0.3 is 0 Å². The van der Waals surface area contributed by atoms with Crippen LogP contribution in [0.1, 0.15) is 12.0 Å². The minimum Gasteiger partial charge on any atom is -0.350 e. The van der Waals surface area contributed by atoms with Crippen LogP contribution in [0.15, 0.2) is 34.9 Å². The van der Waals surface area contributed by atoms with E-state index in [0.717, 1.165) is 22.8 Å². The monoisotopic (exact) mass is 262 g/mol. The van der Waals surface area contributed by atoms with Crippen LogP contribution >= 0.6 is 11.8 Å². The molecule has 18 heavy (non-hydrogen) atoms. The van der Waals surface area contributed by atoms with Gasteiger partial charge in [0.25, 0.3) is 0 Å². The number of carbonyl (C=O) groups excluding carboxylic acids is 1. The molecule has 1 fully saturated rings. The van der Waals surface area contributed by atoms with E-state index in [1.165, 1.54) is 5.56 Å². The lowest BCUT2D eigenvalue weighted by Gasteiger charge is -2.19. The zero-order chi connectivity index (χ0) is 13.0. The van der Waals surface area contributed by atoms with E-state index >= 15 is 0 Å². The van der Waals surface area contributed by atoms with Crippen LogP contribution in [0.25, 0.3) is 0 Å². The number of ketones is 1. The van der Waals surface area contributed by atoms with E-state index in [-0.39, 0.29) is 5.78 Å². The maximum Gasteiger partial charge on any atom is 0.164 e. The lowest BCUT2D eigenvalue weighted by Crippen LogP contribution is -2.32. The van der Waals surface area contributed by atoms with Crippen molar-refractivity contribution in [2.24, 2.45) is 0 Å². The van der Waals surface area contributed by atoms with Crippen molar-refractivity contribution in [3.63, 3.8) is 0 Å². The molecule has 1 saturated heterocycles. The first-order chi connectivity index (χ1) is 8.70. The molecule has 2 rings (SSSR count). The fourth-order valence-corrected chi connectivity index (χ4v) is 2.54. The number of nitrogens with one attached hydrogen (secondary N) is 2. The Balaban J connectivity index is 2.20. The number of piperidine rings is 1. The van der Waals surface area contributed by atoms with E-state index in [1.54, 1.807) is 11.8 Å². The maximum atomic E-state index is 11.9. The highest BCUT2D eigenvalue weighted by Gasteiger charge is 2.18. The van der Waals surface area contributed by atoms with Crippen LogP contribution in [-0.4, -0.2) is 25.1 Å². The fraction of sp³-hybridized carbons (Fsp3) is 0.357. The zero-order valence-electron chi connectivity index (χ0n) is 10.7. The highest BCUT2D eigenvalue weighted by molar-refractivity contribution is 8.02. The van der Waals surface area contributed by atoms with Crippen LogP contribution < -0.4 is 10.6 Å². The standard InChI is InChI=1S/C14H18N2OS/c1-10-3-5-11(6-4-10)16-14(18-2)12-9-15-8-7-13(12)17/h3-6,15-16H,7-9H2,1-2H3. The van der Waals surface area contributed by atoms with Crippen molar-refractivity contribution in [2.45, 2.75) is 13.3 Å². The largest absolute Gasteiger partial charge is 0.350 e. The van der Waals surface area contributed by atoms with Gasteiger partial charge in [-0.1, -0.05) is 17.7 Å². The van der Waals surface area contributed by atoms with Crippen molar-refractivity contribution in [3.8, 4) is 0 Å². The van der Waals surface area contributed by atoms with Gasteiger partial charge in [-0.05, 0) is 25.3 Å². The topological polar surface area (TPSA) is 41.1 Å². The number of Topliss-reactive ketones (excluding diaryl/α,β-unsaturated/α-hetero) is 1. The van der Waals surface area contributed by atoms with Gasteiger partial charge in [0.05, 0.1) is 5.03 Å². The van der Waals surface area contributed by atoms with Crippen LogP contribution in [0.5, 0.6) is 0 Å². The number of anilines is 1. The van der Waals surface area contributed by atoms with Crippen LogP contribution in [0.3, 0.4) is 0 Å². The molecule has 0 radical (unpaired) electrons. The first kappa shape index (κ1) is 13.2. The number of benzene rings is 1. The summed E-state index contributed by atoms with van der Waals surface area (Å²) in [4.78, 5) is 11.9. The van der Waals surface area contributed by atoms with Crippen molar-refractivity contribution in [1.29, 1.82) is 0 Å². The number of hydrogen-bond donors (Lipinski definition) is 2. The molecule has 0 amide bonds. The molecule has 1 heterocycles. The molecule has 0 atom stereocenters. The summed E-state index contributed by atoms with van der Waals surface area (Å²) < 4.78 is 0. The van der Waals surface area contributed by atoms with Crippen molar-refractivity contribution in [3.05, 3.63) is 40.4 Å². The van der Waals surface area contributed by atoms with Crippen molar-refractivity contribution >= 4 is 23.2 Å². The van der Waals surface area contributed by atoms with Crippen LogP contribution in [0, 0.1) is 6.92 Å². The maximum absolute atomic E-state index is 11.9. The number of carbonyl (C=O) groups is 1. The SMILES string of the molecule is CSC(Nc1ccc(C)cc1)=C1CNCCC1=O. The Morgan fingerprint density at radius 2 is 2.06 bits per heavy atom. The van der Waals surface area contributed by atoms with E-state index in [1.807, 2.05) is 18.4 Å². The Kier molecular flexibility index (Phi) is 4.44. The first-order valence-corrected chi connectivity index (χ1v) is 7.28. The number of aryl methyl sites for hydroxylation is 1. The molecule has 2 N–H and O–H groups in total. The second-order valence-corrected chi connectivity index (χ2v) is 5.17. The molecule has 0 spiro atoms. The second kappa shape index (κ2) is 6.07. The predicted molar refractivity (Wildman–Crippen MR) is 77.8 cm³/mol. The van der Waals surface area contributed by atoms with Gasteiger partial charge < -0.3 is 10.6 Å². The van der Waals surface area contributed by atoms with Crippen molar-refractivity contribution < 1.29 is 4.79 Å². The zero-order valence-corrected chi connectivity index (χ0v) is 11.6. The van der Waals surface area contributed by atoms with Gasteiger partial charge in [-0.3, -0.25) is 4.79 Å². The Labute approximate surface area is 112 Å². The molecule has 96 valence electrons. The van der Waals surface area contributed by atoms with Crippen LogP contribution in [0.4, 0.5) is 5.69 Å². The molecule has 3 nitrogen and oxygen atoms in total. The van der Waals surface area contributed by atoms with Crippen molar-refractivity contribution in [1.82, 2.24) is 5.32 Å². The summed E-state index contributed by atoms with van der Waals surface area (Å²) in [5.74, 6) is 0.248. The van der Waals surface area contributed by atoms with E-state index in [2.05, 4.69) is 29.7 Å². The lowest BCUT2D eigenvalue weighted by molar-refractivity contribution is -0.116. The van der Waals surface area contributed by atoms with Gasteiger partial charge in [0.2, 0.25) is 0 Å². The van der Waals surface area contributed by atoms with Gasteiger partial charge in [0, 0.05) is 30.8 Å². The average Bonchev–Trinajstić information content (AvgIpc) is 2.39. The molecule has 0 aliphatic carbocycles. The Bertz CT molecular complexity index is 465. The minimum absolute atomic E-state index is 0.248. The summed E-state index contributed by atoms with van der Waals surface area (Å²) in [5, 5.41) is 7.54. The minimum atomic E-state index is 0.248. The van der Waals surface area contributed by atoms with E-state index < -0.39 is 0 Å². The molecule has 0 unspecified atom stereocenters. The number of rotatable bonds is 3. The molecule has 4 heteroatoms. The van der Waals surface area contributed by atoms with E-state index in [0.29, 0.717) is 13.0 Å². The summed E-state index contributed by atoms with van der Waals surface area (Å²) in [5.41, 5.74) is 3.12. The Morgan fingerprint density at radius 1 is 1.33 bits per heavy atom. The normalized spacial score (nSPS) is 18.7. The first-order valence-electron chi connectivity index (χ1n) is 6.05. The van der Waals surface area contributed by atoms with E-state index in [9.17, 15) is 4.79 Å². The fourth-order valence-electron chi connectivity index (χ4n) is 1.89. The lowest BCUT2D eigenvalue weighted by atomic mass is 10.1. The van der Waals surface area contributed by atoms with Crippen LogP contribution in [0.2, 0.25) is 0 Å². The molecule has 1 aromatic rings. The van der Waals surface area contributed by atoms with Crippen molar-refractivity contribution in [2.75, 3.05) is 24.7 Å². The highest BCUT2D eigenvalue weighted by Crippen LogP contribution is 2.23. The number of thioether (sulfide) groups is 1. The van der Waals surface area contributed by atoms with Gasteiger partial charge in [0.1, 0.15) is 0 Å². The number of hydrogen-bond acceptors (Lipinski definition) is 4. The molecule has 0 aromatic heterocycles. The molecule has 0 saturated carbocycles. The Morgan fingerprint density at radius 3 is 2.67 bits per heavy atom. The second-order valence-electron chi connectivity index (χ2n) is 4.35. The highest BCUT2D eigenvalue weighted by atomic mass is 32.2. The average molecular weight is 262 g/mol. The smallest absolute Gasteiger partial charge is 0.164 e. The molecule has 1 aromatic carbocycles. The summed E-state index contributed by atoms with van der Waals surface area (Å²) in [6.07, 6.45) is 2.58. The quantitative estimate of drug-likeness (QED) is 0.821. The third-order valence-electron chi connectivity index (χ3n) is 2.95. The molecule has 0 bridgehead atoms. The van der Waals surface area contributed by atoms with Gasteiger partial charge in [-0.25, -0.2) is 0 Å². The Hall–Kier alpha value is -1.26. The molecule has 1 aliphatic rings. The molecular weight excluding hydrogens is 244 g/mol. The van der Waals surface area contributed by atoms with Crippen LogP contribution in [-0.2, 0) is 4.79 Å². The summed E-state index contributed by atoms with van der Waals surface area (Å²) in [7, 11) is 0. The third kappa shape index (κ3) is 3.15. The van der Waals surface area contributed by atoms with Gasteiger partial charge in [-0.2, -0.15) is 0 Å².